The zero-order chi connectivity index (χ0) is 17.9. The van der Waals surface area contributed by atoms with Crippen molar-refractivity contribution in [2.45, 2.75) is 6.54 Å². The van der Waals surface area contributed by atoms with Crippen LogP contribution >= 0.6 is 0 Å². The van der Waals surface area contributed by atoms with E-state index in [1.807, 2.05) is 48.5 Å². The first-order chi connectivity index (χ1) is 12.7. The van der Waals surface area contributed by atoms with Crippen LogP contribution in [0.2, 0.25) is 0 Å². The summed E-state index contributed by atoms with van der Waals surface area (Å²) in [6.45, 7) is 0.513. The van der Waals surface area contributed by atoms with Crippen LogP contribution in [0.5, 0.6) is 0 Å². The van der Waals surface area contributed by atoms with Crippen molar-refractivity contribution >= 4 is 16.7 Å². The van der Waals surface area contributed by atoms with Crippen molar-refractivity contribution in [3.05, 3.63) is 90.1 Å². The van der Waals surface area contributed by atoms with Crippen LogP contribution in [0.3, 0.4) is 0 Å². The highest BCUT2D eigenvalue weighted by atomic mass is 16.5. The van der Waals surface area contributed by atoms with Gasteiger partial charge in [0.15, 0.2) is 0 Å². The number of carbonyl (C=O) groups excluding carboxylic acids is 1. The van der Waals surface area contributed by atoms with Gasteiger partial charge in [-0.05, 0) is 28.5 Å². The Labute approximate surface area is 151 Å². The summed E-state index contributed by atoms with van der Waals surface area (Å²) in [7, 11) is 1.39. The zero-order valence-electron chi connectivity index (χ0n) is 14.4. The second-order valence-electron chi connectivity index (χ2n) is 6.11. The minimum Gasteiger partial charge on any atom is -0.464 e. The third-order valence-corrected chi connectivity index (χ3v) is 4.39. The number of esters is 1. The molecule has 0 fully saturated rings. The molecule has 0 bridgehead atoms. The largest absolute Gasteiger partial charge is 0.464 e. The smallest absolute Gasteiger partial charge is 0.356 e. The van der Waals surface area contributed by atoms with Crippen molar-refractivity contribution in [3.63, 3.8) is 0 Å². The SMILES string of the molecule is COC(=O)c1cc(-c2ccc3ccccc3c2)nn1Cc1ccccc1. The lowest BCUT2D eigenvalue weighted by Gasteiger charge is -2.06. The minimum absolute atomic E-state index is 0.388. The first kappa shape index (κ1) is 16.1. The summed E-state index contributed by atoms with van der Waals surface area (Å²) in [4.78, 5) is 12.2. The predicted octanol–water partition coefficient (Wildman–Crippen LogP) is 4.54. The highest BCUT2D eigenvalue weighted by Crippen LogP contribution is 2.25. The number of carbonyl (C=O) groups is 1. The Morgan fingerprint density at radius 3 is 2.42 bits per heavy atom. The van der Waals surface area contributed by atoms with Crippen molar-refractivity contribution in [2.24, 2.45) is 0 Å². The first-order valence-electron chi connectivity index (χ1n) is 8.44. The molecule has 26 heavy (non-hydrogen) atoms. The van der Waals surface area contributed by atoms with Crippen molar-refractivity contribution < 1.29 is 9.53 Å². The van der Waals surface area contributed by atoms with Crippen LogP contribution in [-0.2, 0) is 11.3 Å². The highest BCUT2D eigenvalue weighted by molar-refractivity contribution is 5.90. The lowest BCUT2D eigenvalue weighted by atomic mass is 10.1. The molecular formula is C22H18N2O2. The lowest BCUT2D eigenvalue weighted by molar-refractivity contribution is 0.0587. The van der Waals surface area contributed by atoms with E-state index in [0.29, 0.717) is 12.2 Å². The van der Waals surface area contributed by atoms with Crippen molar-refractivity contribution in [3.8, 4) is 11.3 Å². The van der Waals surface area contributed by atoms with E-state index in [-0.39, 0.29) is 5.97 Å². The number of aromatic nitrogens is 2. The fraction of sp³-hybridized carbons (Fsp3) is 0.0909. The standard InChI is InChI=1S/C22H18N2O2/c1-26-22(25)21-14-20(23-24(21)15-16-7-3-2-4-8-16)19-12-11-17-9-5-6-10-18(17)13-19/h2-14H,15H2,1H3. The molecule has 0 aliphatic heterocycles. The molecule has 4 heteroatoms. The van der Waals surface area contributed by atoms with E-state index >= 15 is 0 Å². The van der Waals surface area contributed by atoms with E-state index in [1.165, 1.54) is 12.5 Å². The van der Waals surface area contributed by atoms with Crippen LogP contribution in [0.4, 0.5) is 0 Å². The van der Waals surface area contributed by atoms with Gasteiger partial charge in [-0.15, -0.1) is 0 Å². The summed E-state index contributed by atoms with van der Waals surface area (Å²) < 4.78 is 6.63. The van der Waals surface area contributed by atoms with E-state index in [1.54, 1.807) is 10.7 Å². The van der Waals surface area contributed by atoms with Crippen LogP contribution in [0.15, 0.2) is 78.9 Å². The second-order valence-corrected chi connectivity index (χ2v) is 6.11. The third-order valence-electron chi connectivity index (χ3n) is 4.39. The number of methoxy groups -OCH3 is 1. The Balaban J connectivity index is 1.77. The third kappa shape index (κ3) is 3.09. The van der Waals surface area contributed by atoms with Crippen molar-refractivity contribution in [1.82, 2.24) is 9.78 Å². The summed E-state index contributed by atoms with van der Waals surface area (Å²) in [6, 6.07) is 26.1. The number of ether oxygens (including phenoxy) is 1. The molecule has 0 unspecified atom stereocenters. The second kappa shape index (κ2) is 6.84. The van der Waals surface area contributed by atoms with Crippen LogP contribution in [0.25, 0.3) is 22.0 Å². The molecule has 0 aliphatic rings. The van der Waals surface area contributed by atoms with Gasteiger partial charge in [0.1, 0.15) is 5.69 Å². The van der Waals surface area contributed by atoms with Gasteiger partial charge in [0.25, 0.3) is 0 Å². The van der Waals surface area contributed by atoms with E-state index in [4.69, 9.17) is 4.74 Å². The maximum absolute atomic E-state index is 12.2. The highest BCUT2D eigenvalue weighted by Gasteiger charge is 2.17. The maximum Gasteiger partial charge on any atom is 0.356 e. The van der Waals surface area contributed by atoms with Gasteiger partial charge in [-0.3, -0.25) is 4.68 Å². The first-order valence-corrected chi connectivity index (χ1v) is 8.44. The Kier molecular flexibility index (Phi) is 4.23. The number of benzene rings is 3. The van der Waals surface area contributed by atoms with Gasteiger partial charge in [0.2, 0.25) is 0 Å². The Morgan fingerprint density at radius 2 is 1.65 bits per heavy atom. The summed E-state index contributed by atoms with van der Waals surface area (Å²) >= 11 is 0. The van der Waals surface area contributed by atoms with Gasteiger partial charge in [0, 0.05) is 5.56 Å². The zero-order valence-corrected chi connectivity index (χ0v) is 14.4. The summed E-state index contributed by atoms with van der Waals surface area (Å²) in [5.41, 5.74) is 3.25. The average Bonchev–Trinajstić information content (AvgIpc) is 3.11. The molecule has 0 amide bonds. The number of hydrogen-bond acceptors (Lipinski definition) is 3. The molecule has 0 atom stereocenters. The van der Waals surface area contributed by atoms with Gasteiger partial charge in [0.05, 0.1) is 19.3 Å². The molecular weight excluding hydrogens is 324 g/mol. The van der Waals surface area contributed by atoms with Gasteiger partial charge in [-0.25, -0.2) is 4.79 Å². The van der Waals surface area contributed by atoms with Crippen LogP contribution in [-0.4, -0.2) is 22.9 Å². The molecule has 0 spiro atoms. The molecule has 128 valence electrons. The minimum atomic E-state index is -0.388. The lowest BCUT2D eigenvalue weighted by Crippen LogP contribution is -2.12. The summed E-state index contributed by atoms with van der Waals surface area (Å²) in [5.74, 6) is -0.388. The number of nitrogens with zero attached hydrogens (tertiary/aromatic N) is 2. The maximum atomic E-state index is 12.2. The Hall–Kier alpha value is -3.40. The van der Waals surface area contributed by atoms with Gasteiger partial charge >= 0.3 is 5.97 Å². The van der Waals surface area contributed by atoms with E-state index < -0.39 is 0 Å². The van der Waals surface area contributed by atoms with E-state index in [2.05, 4.69) is 29.4 Å². The fourth-order valence-corrected chi connectivity index (χ4v) is 3.05. The monoisotopic (exact) mass is 342 g/mol. The summed E-state index contributed by atoms with van der Waals surface area (Å²) in [6.07, 6.45) is 0. The van der Waals surface area contributed by atoms with Gasteiger partial charge in [-0.2, -0.15) is 5.10 Å². The van der Waals surface area contributed by atoms with Crippen molar-refractivity contribution in [1.29, 1.82) is 0 Å². The number of rotatable bonds is 4. The molecule has 4 nitrogen and oxygen atoms in total. The predicted molar refractivity (Wildman–Crippen MR) is 102 cm³/mol. The molecule has 0 saturated carbocycles. The molecule has 1 aromatic heterocycles. The molecule has 3 aromatic carbocycles. The van der Waals surface area contributed by atoms with Crippen molar-refractivity contribution in [2.75, 3.05) is 7.11 Å². The topological polar surface area (TPSA) is 44.1 Å². The van der Waals surface area contributed by atoms with E-state index in [9.17, 15) is 4.79 Å². The van der Waals surface area contributed by atoms with Crippen LogP contribution in [0.1, 0.15) is 16.1 Å². The van der Waals surface area contributed by atoms with Crippen LogP contribution in [0, 0.1) is 0 Å². The van der Waals surface area contributed by atoms with Gasteiger partial charge in [-0.1, -0.05) is 66.7 Å². The average molecular weight is 342 g/mol. The molecule has 4 aromatic rings. The number of hydrogen-bond donors (Lipinski definition) is 0. The number of fused-ring (bicyclic) bond motifs is 1. The molecule has 0 saturated heterocycles. The molecule has 0 N–H and O–H groups in total. The Bertz CT molecular complexity index is 1070. The fourth-order valence-electron chi connectivity index (χ4n) is 3.05. The van der Waals surface area contributed by atoms with Gasteiger partial charge < -0.3 is 4.74 Å². The normalized spacial score (nSPS) is 10.8. The Morgan fingerprint density at radius 1 is 0.923 bits per heavy atom. The van der Waals surface area contributed by atoms with Crippen LogP contribution < -0.4 is 0 Å². The molecule has 0 aliphatic carbocycles. The molecule has 4 rings (SSSR count). The molecule has 0 radical (unpaired) electrons. The molecule has 1 heterocycles. The van der Waals surface area contributed by atoms with E-state index in [0.717, 1.165) is 22.2 Å². The quantitative estimate of drug-likeness (QED) is 0.512. The summed E-state index contributed by atoms with van der Waals surface area (Å²) in [5, 5.41) is 6.98.